The Balaban J connectivity index is 2.79. The van der Waals surface area contributed by atoms with Crippen molar-refractivity contribution < 1.29 is 5.11 Å². The fraction of sp³-hybridized carbons (Fsp3) is 0.846. The number of aliphatic hydroxyl groups excluding tert-OH is 1. The van der Waals surface area contributed by atoms with Gasteiger partial charge < -0.3 is 5.11 Å². The summed E-state index contributed by atoms with van der Waals surface area (Å²) in [5, 5.41) is 10.1. The first-order valence-electron chi connectivity index (χ1n) is 5.80. The molecular weight excluding hydrogens is 172 g/mol. The van der Waals surface area contributed by atoms with Crippen molar-refractivity contribution in [2.45, 2.75) is 53.1 Å². The molecule has 0 aromatic rings. The molecule has 3 atom stereocenters. The molecule has 0 amide bonds. The highest BCUT2D eigenvalue weighted by atomic mass is 16.3. The van der Waals surface area contributed by atoms with Crippen LogP contribution in [0.15, 0.2) is 12.2 Å². The minimum atomic E-state index is -0.259. The highest BCUT2D eigenvalue weighted by Gasteiger charge is 2.39. The van der Waals surface area contributed by atoms with E-state index in [0.717, 1.165) is 0 Å². The highest BCUT2D eigenvalue weighted by molar-refractivity contribution is 4.98. The van der Waals surface area contributed by atoms with Gasteiger partial charge in [-0.25, -0.2) is 0 Å². The molecule has 1 N–H and O–H groups in total. The summed E-state index contributed by atoms with van der Waals surface area (Å²) in [5.41, 5.74) is 0.288. The predicted octanol–water partition coefficient (Wildman–Crippen LogP) is 3.39. The van der Waals surface area contributed by atoms with Gasteiger partial charge >= 0.3 is 0 Å². The van der Waals surface area contributed by atoms with E-state index in [2.05, 4.69) is 20.8 Å². The lowest BCUT2D eigenvalue weighted by Crippen LogP contribution is -2.40. The first kappa shape index (κ1) is 11.8. The second-order valence-electron chi connectivity index (χ2n) is 5.40. The zero-order chi connectivity index (χ0) is 10.8. The molecule has 0 aromatic carbocycles. The molecular formula is C13H24O. The van der Waals surface area contributed by atoms with Crippen LogP contribution in [-0.2, 0) is 0 Å². The molecule has 1 aliphatic carbocycles. The zero-order valence-corrected chi connectivity index (χ0v) is 9.96. The van der Waals surface area contributed by atoms with Crippen molar-refractivity contribution in [1.29, 1.82) is 0 Å². The Labute approximate surface area is 88.2 Å². The molecule has 1 rings (SSSR count). The maximum absolute atomic E-state index is 10.1. The topological polar surface area (TPSA) is 20.2 Å². The third-order valence-corrected chi connectivity index (χ3v) is 3.75. The van der Waals surface area contributed by atoms with E-state index in [1.54, 1.807) is 0 Å². The third-order valence-electron chi connectivity index (χ3n) is 3.75. The van der Waals surface area contributed by atoms with E-state index < -0.39 is 0 Å². The van der Waals surface area contributed by atoms with E-state index in [1.807, 2.05) is 19.1 Å². The normalized spacial score (nSPS) is 34.6. The Morgan fingerprint density at radius 3 is 2.57 bits per heavy atom. The summed E-state index contributed by atoms with van der Waals surface area (Å²) in [5.74, 6) is 1.07. The minimum absolute atomic E-state index is 0.259. The van der Waals surface area contributed by atoms with Gasteiger partial charge in [-0.15, -0.1) is 0 Å². The van der Waals surface area contributed by atoms with Gasteiger partial charge in [-0.2, -0.15) is 0 Å². The van der Waals surface area contributed by atoms with Gasteiger partial charge in [-0.1, -0.05) is 45.8 Å². The lowest BCUT2D eigenvalue weighted by molar-refractivity contribution is -0.00404. The van der Waals surface area contributed by atoms with Gasteiger partial charge in [-0.3, -0.25) is 0 Å². The predicted molar refractivity (Wildman–Crippen MR) is 61.1 cm³/mol. The number of hydrogen-bond acceptors (Lipinski definition) is 1. The Morgan fingerprint density at radius 2 is 2.07 bits per heavy atom. The van der Waals surface area contributed by atoms with Gasteiger partial charge in [0.25, 0.3) is 0 Å². The molecule has 1 nitrogen and oxygen atoms in total. The van der Waals surface area contributed by atoms with Crippen LogP contribution in [0.1, 0.15) is 47.0 Å². The monoisotopic (exact) mass is 196 g/mol. The minimum Gasteiger partial charge on any atom is -0.389 e. The van der Waals surface area contributed by atoms with Gasteiger partial charge in [-0.05, 0) is 30.6 Å². The fourth-order valence-electron chi connectivity index (χ4n) is 3.11. The Hall–Kier alpha value is -0.300. The summed E-state index contributed by atoms with van der Waals surface area (Å²) in [6, 6.07) is 0. The maximum atomic E-state index is 10.1. The smallest absolute Gasteiger partial charge is 0.0756 e. The van der Waals surface area contributed by atoms with E-state index in [-0.39, 0.29) is 11.5 Å². The second-order valence-corrected chi connectivity index (χ2v) is 5.40. The van der Waals surface area contributed by atoms with E-state index in [1.165, 1.54) is 19.3 Å². The Kier molecular flexibility index (Phi) is 3.77. The first-order chi connectivity index (χ1) is 6.49. The summed E-state index contributed by atoms with van der Waals surface area (Å²) in [4.78, 5) is 0. The molecule has 14 heavy (non-hydrogen) atoms. The van der Waals surface area contributed by atoms with Crippen molar-refractivity contribution in [2.75, 3.05) is 0 Å². The molecule has 1 saturated carbocycles. The highest BCUT2D eigenvalue weighted by Crippen LogP contribution is 2.45. The van der Waals surface area contributed by atoms with E-state index >= 15 is 0 Å². The average Bonchev–Trinajstić information content (AvgIpc) is 2.02. The molecule has 1 heteroatoms. The number of hydrogen-bond donors (Lipinski definition) is 1. The largest absolute Gasteiger partial charge is 0.389 e. The maximum Gasteiger partial charge on any atom is 0.0756 e. The molecule has 82 valence electrons. The molecule has 0 saturated heterocycles. The van der Waals surface area contributed by atoms with Crippen LogP contribution in [0.25, 0.3) is 0 Å². The van der Waals surface area contributed by atoms with E-state index in [9.17, 15) is 5.11 Å². The van der Waals surface area contributed by atoms with Crippen LogP contribution in [0, 0.1) is 17.3 Å². The SMILES string of the molecule is C/C=C/C(O)[C@H]1[C@H](C)CCCC1(C)C. The Morgan fingerprint density at radius 1 is 1.43 bits per heavy atom. The van der Waals surface area contributed by atoms with Crippen molar-refractivity contribution in [3.63, 3.8) is 0 Å². The summed E-state index contributed by atoms with van der Waals surface area (Å²) < 4.78 is 0. The molecule has 1 aliphatic rings. The quantitative estimate of drug-likeness (QED) is 0.671. The standard InChI is InChI=1S/C13H24O/c1-5-7-11(14)12-10(2)8-6-9-13(12,3)4/h5,7,10-12,14H,6,8-9H2,1-4H3/b7-5+/t10-,11?,12-/m1/s1. The van der Waals surface area contributed by atoms with Crippen LogP contribution in [0.2, 0.25) is 0 Å². The molecule has 1 fully saturated rings. The Bertz CT molecular complexity index is 205. The third kappa shape index (κ3) is 2.38. The summed E-state index contributed by atoms with van der Waals surface area (Å²) >= 11 is 0. The van der Waals surface area contributed by atoms with Crippen molar-refractivity contribution in [2.24, 2.45) is 17.3 Å². The van der Waals surface area contributed by atoms with E-state index in [0.29, 0.717) is 11.8 Å². The van der Waals surface area contributed by atoms with Crippen LogP contribution in [0.4, 0.5) is 0 Å². The molecule has 0 bridgehead atoms. The lowest BCUT2D eigenvalue weighted by Gasteiger charge is -2.44. The number of allylic oxidation sites excluding steroid dienone is 1. The molecule has 0 spiro atoms. The van der Waals surface area contributed by atoms with Crippen molar-refractivity contribution >= 4 is 0 Å². The number of aliphatic hydroxyl groups is 1. The number of rotatable bonds is 2. The summed E-state index contributed by atoms with van der Waals surface area (Å²) in [6.07, 6.45) is 7.47. The zero-order valence-electron chi connectivity index (χ0n) is 9.96. The van der Waals surface area contributed by atoms with Crippen molar-refractivity contribution in [3.05, 3.63) is 12.2 Å². The van der Waals surface area contributed by atoms with Crippen LogP contribution >= 0.6 is 0 Å². The molecule has 0 heterocycles. The fourth-order valence-corrected chi connectivity index (χ4v) is 3.11. The van der Waals surface area contributed by atoms with E-state index in [4.69, 9.17) is 0 Å². The van der Waals surface area contributed by atoms with Crippen LogP contribution in [-0.4, -0.2) is 11.2 Å². The first-order valence-corrected chi connectivity index (χ1v) is 5.80. The average molecular weight is 196 g/mol. The van der Waals surface area contributed by atoms with Gasteiger partial charge in [0.15, 0.2) is 0 Å². The van der Waals surface area contributed by atoms with Gasteiger partial charge in [0.2, 0.25) is 0 Å². The van der Waals surface area contributed by atoms with Crippen molar-refractivity contribution in [3.8, 4) is 0 Å². The van der Waals surface area contributed by atoms with Gasteiger partial charge in [0.1, 0.15) is 0 Å². The molecule has 0 aromatic heterocycles. The van der Waals surface area contributed by atoms with Gasteiger partial charge in [0.05, 0.1) is 6.10 Å². The van der Waals surface area contributed by atoms with Crippen LogP contribution < -0.4 is 0 Å². The second kappa shape index (κ2) is 4.48. The molecule has 1 unspecified atom stereocenters. The summed E-state index contributed by atoms with van der Waals surface area (Å²) in [6.45, 7) is 8.84. The van der Waals surface area contributed by atoms with Crippen LogP contribution in [0.5, 0.6) is 0 Å². The van der Waals surface area contributed by atoms with Crippen LogP contribution in [0.3, 0.4) is 0 Å². The lowest BCUT2D eigenvalue weighted by atomic mass is 9.62. The molecule has 0 radical (unpaired) electrons. The summed E-state index contributed by atoms with van der Waals surface area (Å²) in [7, 11) is 0. The van der Waals surface area contributed by atoms with Crippen molar-refractivity contribution in [1.82, 2.24) is 0 Å². The molecule has 0 aliphatic heterocycles. The van der Waals surface area contributed by atoms with Gasteiger partial charge in [0, 0.05) is 0 Å².